The third-order valence-corrected chi connectivity index (χ3v) is 4.76. The summed E-state index contributed by atoms with van der Waals surface area (Å²) < 4.78 is 25.2. The van der Waals surface area contributed by atoms with Crippen LogP contribution in [0.1, 0.15) is 46.5 Å². The minimum atomic E-state index is -3.29. The van der Waals surface area contributed by atoms with E-state index in [2.05, 4.69) is 22.3 Å². The van der Waals surface area contributed by atoms with Crippen LogP contribution in [-0.2, 0) is 14.8 Å². The fourth-order valence-electron chi connectivity index (χ4n) is 2.99. The Morgan fingerprint density at radius 3 is 2.52 bits per heavy atom. The summed E-state index contributed by atoms with van der Waals surface area (Å²) in [5.41, 5.74) is -1.05. The molecule has 21 heavy (non-hydrogen) atoms. The molecule has 1 unspecified atom stereocenters. The summed E-state index contributed by atoms with van der Waals surface area (Å²) in [4.78, 5) is 12.6. The highest BCUT2D eigenvalue weighted by Crippen LogP contribution is 2.31. The van der Waals surface area contributed by atoms with Gasteiger partial charge in [0, 0.05) is 18.6 Å². The minimum absolute atomic E-state index is 0.0277. The van der Waals surface area contributed by atoms with E-state index < -0.39 is 15.6 Å². The molecule has 7 heteroatoms. The lowest BCUT2D eigenvalue weighted by atomic mass is 9.76. The Morgan fingerprint density at radius 1 is 1.38 bits per heavy atom. The molecule has 0 aromatic rings. The summed E-state index contributed by atoms with van der Waals surface area (Å²) in [7, 11) is -3.29. The zero-order valence-electron chi connectivity index (χ0n) is 13.6. The molecule has 1 fully saturated rings. The van der Waals surface area contributed by atoms with Gasteiger partial charge < -0.3 is 10.6 Å². The number of amides is 1. The molecule has 1 amide bonds. The van der Waals surface area contributed by atoms with E-state index in [0.717, 1.165) is 38.5 Å². The number of piperidine rings is 1. The first-order valence-electron chi connectivity index (χ1n) is 7.58. The van der Waals surface area contributed by atoms with Crippen molar-refractivity contribution in [2.24, 2.45) is 5.41 Å². The maximum Gasteiger partial charge on any atom is 0.227 e. The molecule has 0 spiro atoms. The topological polar surface area (TPSA) is 87.3 Å². The quantitative estimate of drug-likeness (QED) is 0.641. The van der Waals surface area contributed by atoms with Gasteiger partial charge in [0.05, 0.1) is 11.7 Å². The van der Waals surface area contributed by atoms with Crippen molar-refractivity contribution >= 4 is 15.9 Å². The molecule has 0 saturated carbocycles. The van der Waals surface area contributed by atoms with Crippen LogP contribution in [0.5, 0.6) is 0 Å². The van der Waals surface area contributed by atoms with Crippen molar-refractivity contribution in [2.75, 3.05) is 25.9 Å². The predicted molar refractivity (Wildman–Crippen MR) is 84.5 cm³/mol. The number of sulfonamides is 1. The number of carbonyl (C=O) groups is 1. The Labute approximate surface area is 128 Å². The van der Waals surface area contributed by atoms with Gasteiger partial charge in [0.2, 0.25) is 15.9 Å². The van der Waals surface area contributed by atoms with E-state index in [1.165, 1.54) is 0 Å². The standard InChI is InChI=1S/C14H29N3O3S/c1-5-7-14(8-6-9-15-11-14)12(18)16-10-13(2,3)17-21(4,19)20/h15,17H,5-11H2,1-4H3,(H,16,18). The van der Waals surface area contributed by atoms with E-state index in [4.69, 9.17) is 0 Å². The molecular formula is C14H29N3O3S. The SMILES string of the molecule is CCCC1(C(=O)NCC(C)(C)NS(C)(=O)=O)CCCNC1. The van der Waals surface area contributed by atoms with Crippen molar-refractivity contribution < 1.29 is 13.2 Å². The Morgan fingerprint density at radius 2 is 2.05 bits per heavy atom. The highest BCUT2D eigenvalue weighted by molar-refractivity contribution is 7.88. The molecule has 0 aliphatic carbocycles. The summed E-state index contributed by atoms with van der Waals surface area (Å²) in [5, 5.41) is 6.24. The molecule has 1 rings (SSSR count). The summed E-state index contributed by atoms with van der Waals surface area (Å²) in [6.07, 6.45) is 4.82. The van der Waals surface area contributed by atoms with Gasteiger partial charge in [-0.25, -0.2) is 13.1 Å². The fourth-order valence-corrected chi connectivity index (χ4v) is 4.07. The highest BCUT2D eigenvalue weighted by Gasteiger charge is 2.39. The van der Waals surface area contributed by atoms with Crippen molar-refractivity contribution in [2.45, 2.75) is 52.0 Å². The van der Waals surface area contributed by atoms with E-state index in [0.29, 0.717) is 6.54 Å². The van der Waals surface area contributed by atoms with Crippen LogP contribution in [0.4, 0.5) is 0 Å². The molecule has 1 atom stereocenters. The van der Waals surface area contributed by atoms with Gasteiger partial charge in [-0.15, -0.1) is 0 Å². The van der Waals surface area contributed by atoms with Crippen molar-refractivity contribution in [3.05, 3.63) is 0 Å². The number of nitrogens with one attached hydrogen (secondary N) is 3. The van der Waals surface area contributed by atoms with Crippen LogP contribution in [0.15, 0.2) is 0 Å². The van der Waals surface area contributed by atoms with Crippen LogP contribution in [0.2, 0.25) is 0 Å². The largest absolute Gasteiger partial charge is 0.354 e. The molecule has 124 valence electrons. The first-order valence-corrected chi connectivity index (χ1v) is 9.47. The molecule has 0 radical (unpaired) electrons. The van der Waals surface area contributed by atoms with Crippen LogP contribution in [0.25, 0.3) is 0 Å². The Hall–Kier alpha value is -0.660. The summed E-state index contributed by atoms with van der Waals surface area (Å²) in [6, 6.07) is 0. The Balaban J connectivity index is 2.65. The summed E-state index contributed by atoms with van der Waals surface area (Å²) in [5.74, 6) is 0.0277. The molecule has 1 aliphatic heterocycles. The second kappa shape index (κ2) is 7.07. The zero-order chi connectivity index (χ0) is 16.1. The monoisotopic (exact) mass is 319 g/mol. The van der Waals surface area contributed by atoms with E-state index in [1.807, 2.05) is 0 Å². The van der Waals surface area contributed by atoms with Gasteiger partial charge in [0.1, 0.15) is 0 Å². The Kier molecular flexibility index (Phi) is 6.19. The van der Waals surface area contributed by atoms with Gasteiger partial charge in [0.15, 0.2) is 0 Å². The zero-order valence-corrected chi connectivity index (χ0v) is 14.4. The van der Waals surface area contributed by atoms with E-state index in [1.54, 1.807) is 13.8 Å². The van der Waals surface area contributed by atoms with E-state index in [-0.39, 0.29) is 17.9 Å². The smallest absolute Gasteiger partial charge is 0.227 e. The number of carbonyl (C=O) groups excluding carboxylic acids is 1. The van der Waals surface area contributed by atoms with Crippen molar-refractivity contribution in [1.29, 1.82) is 0 Å². The molecule has 0 aromatic heterocycles. The van der Waals surface area contributed by atoms with Crippen molar-refractivity contribution in [3.63, 3.8) is 0 Å². The maximum atomic E-state index is 12.6. The van der Waals surface area contributed by atoms with Gasteiger partial charge in [-0.1, -0.05) is 13.3 Å². The maximum absolute atomic E-state index is 12.6. The molecule has 0 aromatic carbocycles. The second-order valence-electron chi connectivity index (χ2n) is 6.75. The Bertz CT molecular complexity index is 449. The van der Waals surface area contributed by atoms with E-state index >= 15 is 0 Å². The summed E-state index contributed by atoms with van der Waals surface area (Å²) in [6.45, 7) is 7.55. The van der Waals surface area contributed by atoms with Gasteiger partial charge in [-0.05, 0) is 39.7 Å². The van der Waals surface area contributed by atoms with Crippen LogP contribution in [0.3, 0.4) is 0 Å². The van der Waals surface area contributed by atoms with Crippen molar-refractivity contribution in [1.82, 2.24) is 15.4 Å². The van der Waals surface area contributed by atoms with Crippen LogP contribution in [-0.4, -0.2) is 45.8 Å². The summed E-state index contributed by atoms with van der Waals surface area (Å²) >= 11 is 0. The lowest BCUT2D eigenvalue weighted by molar-refractivity contribution is -0.132. The number of rotatable bonds is 7. The molecule has 0 bridgehead atoms. The molecule has 6 nitrogen and oxygen atoms in total. The van der Waals surface area contributed by atoms with Gasteiger partial charge in [0.25, 0.3) is 0 Å². The van der Waals surface area contributed by atoms with Crippen LogP contribution < -0.4 is 15.4 Å². The van der Waals surface area contributed by atoms with Crippen molar-refractivity contribution in [3.8, 4) is 0 Å². The highest BCUT2D eigenvalue weighted by atomic mass is 32.2. The van der Waals surface area contributed by atoms with Gasteiger partial charge in [-0.2, -0.15) is 0 Å². The van der Waals surface area contributed by atoms with Gasteiger partial charge in [-0.3, -0.25) is 4.79 Å². The van der Waals surface area contributed by atoms with Gasteiger partial charge >= 0.3 is 0 Å². The van der Waals surface area contributed by atoms with Crippen LogP contribution >= 0.6 is 0 Å². The van der Waals surface area contributed by atoms with E-state index in [9.17, 15) is 13.2 Å². The molecule has 1 heterocycles. The minimum Gasteiger partial charge on any atom is -0.354 e. The number of hydrogen-bond acceptors (Lipinski definition) is 4. The molecule has 1 aliphatic rings. The lowest BCUT2D eigenvalue weighted by Crippen LogP contribution is -2.56. The lowest BCUT2D eigenvalue weighted by Gasteiger charge is -2.37. The third kappa shape index (κ3) is 5.92. The second-order valence-corrected chi connectivity index (χ2v) is 8.50. The average Bonchev–Trinajstić information content (AvgIpc) is 2.34. The molecule has 3 N–H and O–H groups in total. The first-order chi connectivity index (χ1) is 9.60. The van der Waals surface area contributed by atoms with Crippen LogP contribution in [0, 0.1) is 5.41 Å². The molecular weight excluding hydrogens is 290 g/mol. The molecule has 1 saturated heterocycles. The predicted octanol–water partition coefficient (Wildman–Crippen LogP) is 0.600. The first kappa shape index (κ1) is 18.4. The average molecular weight is 319 g/mol. The fraction of sp³-hybridized carbons (Fsp3) is 0.929. The normalized spacial score (nSPS) is 23.8. The third-order valence-electron chi connectivity index (χ3n) is 3.84. The number of hydrogen-bond donors (Lipinski definition) is 3.